The molecular formula is C14H15ClN2O3S. The van der Waals surface area contributed by atoms with Crippen molar-refractivity contribution >= 4 is 32.6 Å². The van der Waals surface area contributed by atoms with Crippen LogP contribution >= 0.6 is 11.6 Å². The minimum atomic E-state index is -3.73. The zero-order chi connectivity index (χ0) is 15.2. The SMILES string of the molecule is CCNC(=O)C1=C(Cl)c2ccccc2S(=O)(=O)N1C1CC1. The molecule has 1 fully saturated rings. The molecule has 1 aliphatic heterocycles. The molecule has 1 amide bonds. The first kappa shape index (κ1) is 14.4. The number of halogens is 1. The van der Waals surface area contributed by atoms with Gasteiger partial charge >= 0.3 is 0 Å². The van der Waals surface area contributed by atoms with E-state index in [1.54, 1.807) is 25.1 Å². The van der Waals surface area contributed by atoms with E-state index in [0.29, 0.717) is 12.1 Å². The summed E-state index contributed by atoms with van der Waals surface area (Å²) in [5, 5.41) is 2.83. The van der Waals surface area contributed by atoms with Crippen LogP contribution in [0.3, 0.4) is 0 Å². The van der Waals surface area contributed by atoms with E-state index < -0.39 is 15.9 Å². The summed E-state index contributed by atoms with van der Waals surface area (Å²) < 4.78 is 26.8. The molecule has 1 aliphatic carbocycles. The normalized spacial score (nSPS) is 20.2. The molecule has 1 N–H and O–H groups in total. The standard InChI is InChI=1S/C14H15ClN2O3S/c1-2-16-14(18)13-12(15)10-5-3-4-6-11(10)21(19,20)17(13)9-7-8-9/h3-6,9H,2,7-8H2,1H3,(H,16,18). The number of carbonyl (C=O) groups excluding carboxylic acids is 1. The molecule has 7 heteroatoms. The number of hydrogen-bond acceptors (Lipinski definition) is 3. The lowest BCUT2D eigenvalue weighted by Crippen LogP contribution is -2.42. The fourth-order valence-corrected chi connectivity index (χ4v) is 4.83. The Morgan fingerprint density at radius 2 is 2.05 bits per heavy atom. The maximum Gasteiger partial charge on any atom is 0.270 e. The molecule has 21 heavy (non-hydrogen) atoms. The van der Waals surface area contributed by atoms with Gasteiger partial charge < -0.3 is 5.32 Å². The largest absolute Gasteiger partial charge is 0.351 e. The first-order valence-electron chi connectivity index (χ1n) is 6.80. The Kier molecular flexibility index (Phi) is 3.45. The van der Waals surface area contributed by atoms with Crippen molar-refractivity contribution in [3.8, 4) is 0 Å². The van der Waals surface area contributed by atoms with Crippen LogP contribution in [0.1, 0.15) is 25.3 Å². The van der Waals surface area contributed by atoms with Crippen LogP contribution in [0.5, 0.6) is 0 Å². The number of fused-ring (bicyclic) bond motifs is 1. The molecule has 112 valence electrons. The average molecular weight is 327 g/mol. The Morgan fingerprint density at radius 3 is 2.67 bits per heavy atom. The predicted molar refractivity (Wildman–Crippen MR) is 79.9 cm³/mol. The Hall–Kier alpha value is -1.53. The lowest BCUT2D eigenvalue weighted by molar-refractivity contribution is -0.118. The van der Waals surface area contributed by atoms with Gasteiger partial charge in [-0.15, -0.1) is 0 Å². The van der Waals surface area contributed by atoms with Gasteiger partial charge in [0.1, 0.15) is 5.70 Å². The van der Waals surface area contributed by atoms with Crippen molar-refractivity contribution in [3.63, 3.8) is 0 Å². The van der Waals surface area contributed by atoms with Crippen molar-refractivity contribution < 1.29 is 13.2 Å². The Bertz CT molecular complexity index is 738. The molecule has 1 aromatic carbocycles. The van der Waals surface area contributed by atoms with E-state index in [4.69, 9.17) is 11.6 Å². The van der Waals surface area contributed by atoms with Gasteiger partial charge in [-0.3, -0.25) is 9.10 Å². The summed E-state index contributed by atoms with van der Waals surface area (Å²) in [5.41, 5.74) is 0.428. The van der Waals surface area contributed by atoms with Gasteiger partial charge in [-0.25, -0.2) is 8.42 Å². The van der Waals surface area contributed by atoms with Crippen LogP contribution < -0.4 is 5.32 Å². The van der Waals surface area contributed by atoms with Gasteiger partial charge in [0.2, 0.25) is 0 Å². The summed E-state index contributed by atoms with van der Waals surface area (Å²) in [4.78, 5) is 12.5. The second-order valence-electron chi connectivity index (χ2n) is 5.05. The number of nitrogens with zero attached hydrogens (tertiary/aromatic N) is 1. The Morgan fingerprint density at radius 1 is 1.38 bits per heavy atom. The molecular weight excluding hydrogens is 312 g/mol. The molecule has 1 heterocycles. The monoisotopic (exact) mass is 326 g/mol. The molecule has 0 spiro atoms. The van der Waals surface area contributed by atoms with Crippen molar-refractivity contribution in [1.82, 2.24) is 9.62 Å². The summed E-state index contributed by atoms with van der Waals surface area (Å²) in [5.74, 6) is -0.451. The first-order chi connectivity index (χ1) is 9.98. The van der Waals surface area contributed by atoms with Crippen LogP contribution in [0.15, 0.2) is 34.9 Å². The number of hydrogen-bond donors (Lipinski definition) is 1. The molecule has 0 saturated heterocycles. The highest BCUT2D eigenvalue weighted by molar-refractivity contribution is 7.89. The van der Waals surface area contributed by atoms with Gasteiger partial charge in [0.25, 0.3) is 15.9 Å². The second kappa shape index (κ2) is 5.03. The maximum absolute atomic E-state index is 12.8. The summed E-state index contributed by atoms with van der Waals surface area (Å²) >= 11 is 6.35. The fourth-order valence-electron chi connectivity index (χ4n) is 2.46. The van der Waals surface area contributed by atoms with Crippen LogP contribution in [-0.4, -0.2) is 31.2 Å². The van der Waals surface area contributed by atoms with Crippen LogP contribution in [0.25, 0.3) is 5.03 Å². The Labute approximate surface area is 128 Å². The van der Waals surface area contributed by atoms with Crippen LogP contribution in [0.4, 0.5) is 0 Å². The summed E-state index contributed by atoms with van der Waals surface area (Å²) in [6.45, 7) is 2.19. The molecule has 0 bridgehead atoms. The molecule has 2 aliphatic rings. The molecule has 0 atom stereocenters. The zero-order valence-electron chi connectivity index (χ0n) is 11.5. The highest BCUT2D eigenvalue weighted by atomic mass is 35.5. The average Bonchev–Trinajstić information content (AvgIpc) is 3.27. The molecule has 1 aromatic rings. The quantitative estimate of drug-likeness (QED) is 0.922. The highest BCUT2D eigenvalue weighted by Crippen LogP contribution is 2.44. The number of likely N-dealkylation sites (N-methyl/N-ethyl adjacent to an activating group) is 1. The molecule has 0 aromatic heterocycles. The number of amides is 1. The topological polar surface area (TPSA) is 66.5 Å². The van der Waals surface area contributed by atoms with Gasteiger partial charge in [-0.05, 0) is 25.8 Å². The van der Waals surface area contributed by atoms with Gasteiger partial charge in [0.15, 0.2) is 0 Å². The van der Waals surface area contributed by atoms with Crippen molar-refractivity contribution in [1.29, 1.82) is 0 Å². The van der Waals surface area contributed by atoms with Crippen LogP contribution in [-0.2, 0) is 14.8 Å². The second-order valence-corrected chi connectivity index (χ2v) is 7.21. The van der Waals surface area contributed by atoms with Crippen LogP contribution in [0.2, 0.25) is 0 Å². The van der Waals surface area contributed by atoms with Crippen LogP contribution in [0, 0.1) is 0 Å². The lowest BCUT2D eigenvalue weighted by Gasteiger charge is -2.31. The number of carbonyl (C=O) groups is 1. The summed E-state index contributed by atoms with van der Waals surface area (Å²) in [6, 6.07) is 6.34. The zero-order valence-corrected chi connectivity index (χ0v) is 13.0. The highest BCUT2D eigenvalue weighted by Gasteiger charge is 2.46. The third-order valence-corrected chi connectivity index (χ3v) is 5.81. The van der Waals surface area contributed by atoms with E-state index in [9.17, 15) is 13.2 Å². The third-order valence-electron chi connectivity index (χ3n) is 3.52. The minimum Gasteiger partial charge on any atom is -0.351 e. The number of rotatable bonds is 3. The van der Waals surface area contributed by atoms with Crippen molar-refractivity contribution in [2.24, 2.45) is 0 Å². The fraction of sp³-hybridized carbons (Fsp3) is 0.357. The third kappa shape index (κ3) is 2.22. The van der Waals surface area contributed by atoms with E-state index in [0.717, 1.165) is 12.8 Å². The number of sulfonamides is 1. The van der Waals surface area contributed by atoms with Crippen molar-refractivity contribution in [2.45, 2.75) is 30.7 Å². The van der Waals surface area contributed by atoms with E-state index in [-0.39, 0.29) is 21.7 Å². The number of benzene rings is 1. The molecule has 0 unspecified atom stereocenters. The smallest absolute Gasteiger partial charge is 0.270 e. The van der Waals surface area contributed by atoms with Gasteiger partial charge in [-0.1, -0.05) is 29.8 Å². The van der Waals surface area contributed by atoms with Gasteiger partial charge in [0.05, 0.1) is 9.93 Å². The minimum absolute atomic E-state index is 0.0414. The van der Waals surface area contributed by atoms with Crippen molar-refractivity contribution in [3.05, 3.63) is 35.5 Å². The first-order valence-corrected chi connectivity index (χ1v) is 8.62. The Balaban J connectivity index is 2.25. The van der Waals surface area contributed by atoms with Crippen molar-refractivity contribution in [2.75, 3.05) is 6.54 Å². The summed E-state index contributed by atoms with van der Waals surface area (Å²) in [6.07, 6.45) is 1.49. The van der Waals surface area contributed by atoms with E-state index in [1.807, 2.05) is 0 Å². The maximum atomic E-state index is 12.8. The molecule has 0 radical (unpaired) electrons. The molecule has 1 saturated carbocycles. The van der Waals surface area contributed by atoms with Gasteiger partial charge in [-0.2, -0.15) is 0 Å². The van der Waals surface area contributed by atoms with E-state index in [1.165, 1.54) is 10.4 Å². The van der Waals surface area contributed by atoms with Gasteiger partial charge in [0, 0.05) is 18.2 Å². The molecule has 5 nitrogen and oxygen atoms in total. The predicted octanol–water partition coefficient (Wildman–Crippen LogP) is 1.90. The summed E-state index contributed by atoms with van der Waals surface area (Å²) in [7, 11) is -3.73. The number of nitrogens with one attached hydrogen (secondary N) is 1. The van der Waals surface area contributed by atoms with E-state index in [2.05, 4.69) is 5.32 Å². The lowest BCUT2D eigenvalue weighted by atomic mass is 10.1. The van der Waals surface area contributed by atoms with E-state index >= 15 is 0 Å². The molecule has 3 rings (SSSR count).